The van der Waals surface area contributed by atoms with Gasteiger partial charge in [0.1, 0.15) is 0 Å². The summed E-state index contributed by atoms with van der Waals surface area (Å²) in [5, 5.41) is 0. The van der Waals surface area contributed by atoms with Gasteiger partial charge in [0.15, 0.2) is 0 Å². The Morgan fingerprint density at radius 3 is 2.57 bits per heavy atom. The molecule has 2 aromatic rings. The smallest absolute Gasteiger partial charge is 0.339 e. The molecule has 0 radical (unpaired) electrons. The average molecular weight is 516 g/mol. The SMILES string of the molecule is CC(C)[C@]1(C(=O)N2CCc3ccc(C(F)(F)F)cc3C2)CCC(N2CCCN(c3ncccn3)CC2)C1. The van der Waals surface area contributed by atoms with Gasteiger partial charge in [0.2, 0.25) is 11.9 Å². The van der Waals surface area contributed by atoms with Crippen molar-refractivity contribution < 1.29 is 18.0 Å². The number of benzene rings is 1. The van der Waals surface area contributed by atoms with Gasteiger partial charge >= 0.3 is 6.18 Å². The maximum Gasteiger partial charge on any atom is 0.416 e. The third-order valence-corrected chi connectivity index (χ3v) is 8.77. The van der Waals surface area contributed by atoms with E-state index in [4.69, 9.17) is 0 Å². The molecule has 5 rings (SSSR count). The molecule has 2 atom stereocenters. The number of nitrogens with zero attached hydrogens (tertiary/aromatic N) is 5. The zero-order valence-electron chi connectivity index (χ0n) is 21.7. The van der Waals surface area contributed by atoms with Crippen LogP contribution in [-0.4, -0.2) is 64.4 Å². The highest BCUT2D eigenvalue weighted by Crippen LogP contribution is 2.48. The molecular formula is C28H36F3N5O. The summed E-state index contributed by atoms with van der Waals surface area (Å²) >= 11 is 0. The largest absolute Gasteiger partial charge is 0.416 e. The van der Waals surface area contributed by atoms with Crippen LogP contribution >= 0.6 is 0 Å². The lowest BCUT2D eigenvalue weighted by Gasteiger charge is -2.40. The molecule has 1 aromatic heterocycles. The molecule has 1 saturated carbocycles. The van der Waals surface area contributed by atoms with Crippen molar-refractivity contribution in [3.05, 3.63) is 53.3 Å². The van der Waals surface area contributed by atoms with E-state index in [2.05, 4.69) is 33.6 Å². The predicted molar refractivity (Wildman–Crippen MR) is 136 cm³/mol. The number of alkyl halides is 3. The second-order valence-electron chi connectivity index (χ2n) is 11.1. The Balaban J connectivity index is 1.28. The summed E-state index contributed by atoms with van der Waals surface area (Å²) in [7, 11) is 0. The summed E-state index contributed by atoms with van der Waals surface area (Å²) in [5.74, 6) is 1.04. The van der Waals surface area contributed by atoms with Crippen LogP contribution in [0.3, 0.4) is 0 Å². The molecule has 0 spiro atoms. The zero-order chi connectivity index (χ0) is 26.2. The lowest BCUT2D eigenvalue weighted by atomic mass is 9.73. The Bertz CT molecular complexity index is 1110. The highest BCUT2D eigenvalue weighted by Gasteiger charge is 2.50. The highest BCUT2D eigenvalue weighted by atomic mass is 19.4. The van der Waals surface area contributed by atoms with Crippen molar-refractivity contribution in [1.29, 1.82) is 0 Å². The van der Waals surface area contributed by atoms with Crippen LogP contribution in [0.4, 0.5) is 19.1 Å². The van der Waals surface area contributed by atoms with E-state index in [1.165, 1.54) is 6.07 Å². The van der Waals surface area contributed by atoms with E-state index in [1.807, 2.05) is 11.0 Å². The minimum absolute atomic E-state index is 0.113. The molecule has 1 amide bonds. The van der Waals surface area contributed by atoms with E-state index in [-0.39, 0.29) is 18.4 Å². The van der Waals surface area contributed by atoms with Crippen molar-refractivity contribution in [3.63, 3.8) is 0 Å². The number of fused-ring (bicyclic) bond motifs is 1. The molecule has 0 N–H and O–H groups in total. The zero-order valence-corrected chi connectivity index (χ0v) is 21.7. The van der Waals surface area contributed by atoms with E-state index in [0.29, 0.717) is 24.6 Å². The fraction of sp³-hybridized carbons (Fsp3) is 0.607. The minimum Gasteiger partial charge on any atom is -0.339 e. The maximum absolute atomic E-state index is 14.0. The van der Waals surface area contributed by atoms with Gasteiger partial charge in [-0.15, -0.1) is 0 Å². The summed E-state index contributed by atoms with van der Waals surface area (Å²) in [6.07, 6.45) is 3.37. The summed E-state index contributed by atoms with van der Waals surface area (Å²) in [6, 6.07) is 6.11. The minimum atomic E-state index is -4.38. The summed E-state index contributed by atoms with van der Waals surface area (Å²) < 4.78 is 39.9. The predicted octanol–water partition coefficient (Wildman–Crippen LogP) is 4.79. The number of aromatic nitrogens is 2. The van der Waals surface area contributed by atoms with E-state index in [1.54, 1.807) is 18.5 Å². The number of amides is 1. The van der Waals surface area contributed by atoms with Crippen molar-refractivity contribution in [2.24, 2.45) is 11.3 Å². The quantitative estimate of drug-likeness (QED) is 0.586. The molecule has 3 aliphatic rings. The monoisotopic (exact) mass is 515 g/mol. The molecule has 1 unspecified atom stereocenters. The molecule has 1 aromatic carbocycles. The first kappa shape index (κ1) is 25.9. The molecule has 37 heavy (non-hydrogen) atoms. The van der Waals surface area contributed by atoms with Gasteiger partial charge in [-0.25, -0.2) is 9.97 Å². The van der Waals surface area contributed by atoms with E-state index in [0.717, 1.165) is 69.4 Å². The number of hydrogen-bond donors (Lipinski definition) is 0. The number of halogens is 3. The normalized spacial score (nSPS) is 25.3. The van der Waals surface area contributed by atoms with Crippen LogP contribution in [0.2, 0.25) is 0 Å². The summed E-state index contributed by atoms with van der Waals surface area (Å²) in [6.45, 7) is 8.71. The highest BCUT2D eigenvalue weighted by molar-refractivity contribution is 5.84. The van der Waals surface area contributed by atoms with Crippen molar-refractivity contribution in [1.82, 2.24) is 19.8 Å². The van der Waals surface area contributed by atoms with Gasteiger partial charge in [-0.05, 0) is 67.3 Å². The number of rotatable bonds is 4. The molecule has 9 heteroatoms. The number of carbonyl (C=O) groups is 1. The van der Waals surface area contributed by atoms with Gasteiger partial charge in [-0.3, -0.25) is 9.69 Å². The summed E-state index contributed by atoms with van der Waals surface area (Å²) in [4.78, 5) is 29.4. The molecule has 2 fully saturated rings. The first-order valence-electron chi connectivity index (χ1n) is 13.4. The van der Waals surface area contributed by atoms with Gasteiger partial charge in [0, 0.05) is 57.7 Å². The third kappa shape index (κ3) is 5.19. The molecule has 1 saturated heterocycles. The first-order valence-corrected chi connectivity index (χ1v) is 13.4. The van der Waals surface area contributed by atoms with Gasteiger partial charge in [0.05, 0.1) is 11.0 Å². The van der Waals surface area contributed by atoms with Gasteiger partial charge in [-0.1, -0.05) is 19.9 Å². The second kappa shape index (κ2) is 10.2. The van der Waals surface area contributed by atoms with Crippen molar-refractivity contribution in [2.75, 3.05) is 37.6 Å². The van der Waals surface area contributed by atoms with Crippen molar-refractivity contribution in [2.45, 2.75) is 64.7 Å². The Morgan fingerprint density at radius 1 is 1.05 bits per heavy atom. The standard InChI is InChI=1S/C28H36F3N5O/c1-20(2)27(25(37)36-14-8-21-5-6-23(28(29,30)31)17-22(21)19-36)9-7-24(18-27)34-12-4-13-35(16-15-34)26-32-10-3-11-33-26/h3,5-6,10-11,17,20,24H,4,7-9,12-16,18-19H2,1-2H3/t24?,27-/m0/s1. The fourth-order valence-electron chi connectivity index (χ4n) is 6.50. The number of anilines is 1. The van der Waals surface area contributed by atoms with Crippen LogP contribution in [0.5, 0.6) is 0 Å². The number of hydrogen-bond acceptors (Lipinski definition) is 5. The van der Waals surface area contributed by atoms with Crippen LogP contribution in [0.1, 0.15) is 56.2 Å². The molecule has 2 aliphatic heterocycles. The third-order valence-electron chi connectivity index (χ3n) is 8.77. The van der Waals surface area contributed by atoms with Crippen molar-refractivity contribution >= 4 is 11.9 Å². The lowest BCUT2D eigenvalue weighted by Crippen LogP contribution is -2.48. The Hall–Kier alpha value is -2.68. The lowest BCUT2D eigenvalue weighted by molar-refractivity contribution is -0.146. The van der Waals surface area contributed by atoms with Crippen molar-refractivity contribution in [3.8, 4) is 0 Å². The molecular weight excluding hydrogens is 479 g/mol. The van der Waals surface area contributed by atoms with Crippen LogP contribution < -0.4 is 4.90 Å². The number of carbonyl (C=O) groups excluding carboxylic acids is 1. The van der Waals surface area contributed by atoms with Gasteiger partial charge in [-0.2, -0.15) is 13.2 Å². The van der Waals surface area contributed by atoms with Crippen LogP contribution in [0, 0.1) is 11.3 Å². The molecule has 0 bridgehead atoms. The second-order valence-corrected chi connectivity index (χ2v) is 11.1. The Kier molecular flexibility index (Phi) is 7.18. The van der Waals surface area contributed by atoms with Crippen LogP contribution in [0.25, 0.3) is 0 Å². The van der Waals surface area contributed by atoms with Gasteiger partial charge < -0.3 is 9.80 Å². The Labute approximate surface area is 216 Å². The molecule has 3 heterocycles. The first-order chi connectivity index (χ1) is 17.7. The molecule has 200 valence electrons. The van der Waals surface area contributed by atoms with E-state index >= 15 is 0 Å². The van der Waals surface area contributed by atoms with Crippen LogP contribution in [0.15, 0.2) is 36.7 Å². The average Bonchev–Trinajstić information content (AvgIpc) is 3.21. The summed E-state index contributed by atoms with van der Waals surface area (Å²) in [5.41, 5.74) is 0.421. The molecule has 6 nitrogen and oxygen atoms in total. The van der Waals surface area contributed by atoms with E-state index in [9.17, 15) is 18.0 Å². The van der Waals surface area contributed by atoms with Gasteiger partial charge in [0.25, 0.3) is 0 Å². The fourth-order valence-corrected chi connectivity index (χ4v) is 6.50. The van der Waals surface area contributed by atoms with E-state index < -0.39 is 17.2 Å². The Morgan fingerprint density at radius 2 is 1.84 bits per heavy atom. The topological polar surface area (TPSA) is 52.6 Å². The van der Waals surface area contributed by atoms with Crippen LogP contribution in [-0.2, 0) is 23.9 Å². The maximum atomic E-state index is 14.0. The molecule has 1 aliphatic carbocycles.